The van der Waals surface area contributed by atoms with E-state index in [0.717, 1.165) is 6.07 Å². The Balaban J connectivity index is 1.85. The first-order chi connectivity index (χ1) is 15.3. The average molecular weight is 474 g/mol. The molecule has 2 N–H and O–H groups in total. The molecule has 1 aliphatic rings. The molecule has 0 radical (unpaired) electrons. The number of hydrogen-bond acceptors (Lipinski definition) is 3. The van der Waals surface area contributed by atoms with Crippen LogP contribution in [0.1, 0.15) is 28.8 Å². The van der Waals surface area contributed by atoms with Gasteiger partial charge in [0.15, 0.2) is 0 Å². The fourth-order valence-corrected chi connectivity index (χ4v) is 5.10. The van der Waals surface area contributed by atoms with Crippen molar-refractivity contribution in [2.45, 2.75) is 56.3 Å². The molecule has 9 heteroatoms. The minimum Gasteiger partial charge on any atom is -0.341 e. The van der Waals surface area contributed by atoms with Crippen LogP contribution in [0, 0.1) is 11.3 Å². The van der Waals surface area contributed by atoms with Gasteiger partial charge in [0.1, 0.15) is 11.6 Å². The Morgan fingerprint density at radius 1 is 1.12 bits per heavy atom. The van der Waals surface area contributed by atoms with E-state index < -0.39 is 43.2 Å². The van der Waals surface area contributed by atoms with Gasteiger partial charge in [0.2, 0.25) is 5.91 Å². The largest absolute Gasteiger partial charge is 0.417 e. The third-order valence-corrected chi connectivity index (χ3v) is 7.07. The molecular weight excluding hydrogens is 447 g/mol. The molecule has 1 fully saturated rings. The number of nitrogens with zero attached hydrogens (tertiary/aromatic N) is 1. The molecule has 0 aromatic heterocycles. The fourth-order valence-electron chi connectivity index (χ4n) is 3.59. The second-order valence-corrected chi connectivity index (χ2v) is 15.1. The fraction of sp³-hybridized carbons (Fsp3) is 0.375. The van der Waals surface area contributed by atoms with Crippen molar-refractivity contribution in [3.8, 4) is 17.2 Å². The summed E-state index contributed by atoms with van der Waals surface area (Å²) in [6, 6.07) is 12.8. The van der Waals surface area contributed by atoms with Gasteiger partial charge >= 0.3 is 6.18 Å². The third-order valence-electron chi connectivity index (χ3n) is 5.43. The van der Waals surface area contributed by atoms with Crippen molar-refractivity contribution in [3.05, 3.63) is 59.7 Å². The van der Waals surface area contributed by atoms with E-state index in [0.29, 0.717) is 18.9 Å². The number of benzene rings is 2. The van der Waals surface area contributed by atoms with E-state index in [9.17, 15) is 28.0 Å². The highest BCUT2D eigenvalue weighted by Crippen LogP contribution is 2.37. The molecule has 5 nitrogen and oxygen atoms in total. The van der Waals surface area contributed by atoms with Gasteiger partial charge in [0.05, 0.1) is 11.6 Å². The monoisotopic (exact) mass is 473 g/mol. The number of halogens is 3. The second-order valence-electron chi connectivity index (χ2n) is 9.60. The smallest absolute Gasteiger partial charge is 0.341 e. The molecule has 3 rings (SSSR count). The van der Waals surface area contributed by atoms with Crippen molar-refractivity contribution in [2.75, 3.05) is 0 Å². The normalized spacial score (nSPS) is 15.8. The van der Waals surface area contributed by atoms with Gasteiger partial charge in [-0.2, -0.15) is 18.4 Å². The lowest BCUT2D eigenvalue weighted by Gasteiger charge is -2.26. The molecule has 33 heavy (non-hydrogen) atoms. The summed E-state index contributed by atoms with van der Waals surface area (Å²) < 4.78 is 40.3. The van der Waals surface area contributed by atoms with Crippen LogP contribution in [0.15, 0.2) is 48.5 Å². The van der Waals surface area contributed by atoms with E-state index in [1.54, 1.807) is 0 Å². The van der Waals surface area contributed by atoms with Crippen LogP contribution in [-0.4, -0.2) is 31.5 Å². The van der Waals surface area contributed by atoms with Crippen LogP contribution in [0.3, 0.4) is 0 Å². The van der Waals surface area contributed by atoms with Crippen molar-refractivity contribution in [1.29, 1.82) is 5.26 Å². The molecular formula is C24H26F3N3O2Si. The lowest BCUT2D eigenvalue weighted by Crippen LogP contribution is -2.52. The van der Waals surface area contributed by atoms with E-state index in [1.165, 1.54) is 42.5 Å². The Morgan fingerprint density at radius 2 is 1.79 bits per heavy atom. The predicted octanol–water partition coefficient (Wildman–Crippen LogP) is 4.98. The number of carbonyl (C=O) groups is 2. The minimum absolute atomic E-state index is 0.0271. The zero-order valence-electron chi connectivity index (χ0n) is 18.7. The molecule has 2 aromatic rings. The van der Waals surface area contributed by atoms with Crippen molar-refractivity contribution < 1.29 is 22.8 Å². The number of carbonyl (C=O) groups excluding carboxylic acids is 2. The van der Waals surface area contributed by atoms with Crippen LogP contribution >= 0.6 is 0 Å². The van der Waals surface area contributed by atoms with Gasteiger partial charge in [-0.05, 0) is 48.2 Å². The van der Waals surface area contributed by atoms with Crippen molar-refractivity contribution in [2.24, 2.45) is 0 Å². The van der Waals surface area contributed by atoms with Gasteiger partial charge in [-0.15, -0.1) is 0 Å². The summed E-state index contributed by atoms with van der Waals surface area (Å²) in [5.41, 5.74) is -1.27. The molecule has 1 saturated carbocycles. The Morgan fingerprint density at radius 3 is 2.36 bits per heavy atom. The van der Waals surface area contributed by atoms with Crippen LogP contribution in [0.5, 0.6) is 0 Å². The van der Waals surface area contributed by atoms with Gasteiger partial charge in [-0.1, -0.05) is 50.0 Å². The van der Waals surface area contributed by atoms with Crippen LogP contribution < -0.4 is 10.6 Å². The number of rotatable bonds is 7. The summed E-state index contributed by atoms with van der Waals surface area (Å²) in [5, 5.41) is 14.8. The molecule has 1 aliphatic carbocycles. The lowest BCUT2D eigenvalue weighted by molar-refractivity contribution is -0.137. The quantitative estimate of drug-likeness (QED) is 0.557. The maximum Gasteiger partial charge on any atom is 0.417 e. The molecule has 1 unspecified atom stereocenters. The summed E-state index contributed by atoms with van der Waals surface area (Å²) in [5.74, 6) is -0.968. The Labute approximate surface area is 192 Å². The first-order valence-corrected chi connectivity index (χ1v) is 14.4. The van der Waals surface area contributed by atoms with Crippen LogP contribution in [-0.2, 0) is 11.0 Å². The molecule has 0 spiro atoms. The standard InChI is InChI=1S/C24H26F3N3O2Si/c1-33(2,3)14-20(22(32)30-23(15-28)11-12-23)29-21(31)17-8-6-7-16(13-17)18-9-4-5-10-19(18)24(25,26)27/h4-10,13,20H,11-12,14H2,1-3H3,(H,29,31)(H,30,32). The zero-order chi connectivity index (χ0) is 24.4. The van der Waals surface area contributed by atoms with E-state index >= 15 is 0 Å². The molecule has 0 heterocycles. The summed E-state index contributed by atoms with van der Waals surface area (Å²) in [7, 11) is -1.79. The Hall–Kier alpha value is -3.12. The number of amides is 2. The van der Waals surface area contributed by atoms with Crippen molar-refractivity contribution in [1.82, 2.24) is 10.6 Å². The van der Waals surface area contributed by atoms with Gasteiger partial charge in [-0.3, -0.25) is 9.59 Å². The van der Waals surface area contributed by atoms with Crippen LogP contribution in [0.25, 0.3) is 11.1 Å². The Kier molecular flexibility index (Phi) is 6.70. The van der Waals surface area contributed by atoms with E-state index in [-0.39, 0.29) is 16.7 Å². The van der Waals surface area contributed by atoms with E-state index in [4.69, 9.17) is 0 Å². The van der Waals surface area contributed by atoms with Gasteiger partial charge in [0, 0.05) is 13.6 Å². The van der Waals surface area contributed by atoms with E-state index in [2.05, 4.69) is 36.3 Å². The number of nitriles is 1. The molecule has 0 aliphatic heterocycles. The molecule has 174 valence electrons. The maximum atomic E-state index is 13.4. The highest BCUT2D eigenvalue weighted by atomic mass is 28.3. The second kappa shape index (κ2) is 9.02. The summed E-state index contributed by atoms with van der Waals surface area (Å²) in [6.45, 7) is 6.18. The highest BCUT2D eigenvalue weighted by molar-refractivity contribution is 6.76. The lowest BCUT2D eigenvalue weighted by atomic mass is 9.97. The number of nitrogens with one attached hydrogen (secondary N) is 2. The maximum absolute atomic E-state index is 13.4. The summed E-state index contributed by atoms with van der Waals surface area (Å²) in [6.07, 6.45) is -3.39. The molecule has 0 bridgehead atoms. The first kappa shape index (κ1) is 24.5. The van der Waals surface area contributed by atoms with Crippen molar-refractivity contribution >= 4 is 19.9 Å². The molecule has 1 atom stereocenters. The van der Waals surface area contributed by atoms with Crippen molar-refractivity contribution in [3.63, 3.8) is 0 Å². The number of hydrogen-bond donors (Lipinski definition) is 2. The van der Waals surface area contributed by atoms with Gasteiger partial charge in [0.25, 0.3) is 5.91 Å². The van der Waals surface area contributed by atoms with Gasteiger partial charge in [-0.25, -0.2) is 0 Å². The molecule has 2 aromatic carbocycles. The topological polar surface area (TPSA) is 82.0 Å². The van der Waals surface area contributed by atoms with Crippen LogP contribution in [0.4, 0.5) is 13.2 Å². The SMILES string of the molecule is C[Si](C)(C)CC(NC(=O)c1cccc(-c2ccccc2C(F)(F)F)c1)C(=O)NC1(C#N)CC1. The zero-order valence-corrected chi connectivity index (χ0v) is 19.7. The summed E-state index contributed by atoms with van der Waals surface area (Å²) in [4.78, 5) is 25.9. The molecule has 2 amide bonds. The molecule has 0 saturated heterocycles. The first-order valence-electron chi connectivity index (χ1n) is 10.6. The highest BCUT2D eigenvalue weighted by Gasteiger charge is 2.46. The Bertz CT molecular complexity index is 1100. The number of alkyl halides is 3. The van der Waals surface area contributed by atoms with E-state index in [1.807, 2.05) is 0 Å². The third kappa shape index (κ3) is 6.23. The summed E-state index contributed by atoms with van der Waals surface area (Å²) >= 11 is 0. The average Bonchev–Trinajstić information content (AvgIpc) is 3.51. The predicted molar refractivity (Wildman–Crippen MR) is 122 cm³/mol. The van der Waals surface area contributed by atoms with Gasteiger partial charge < -0.3 is 10.6 Å². The minimum atomic E-state index is -4.53. The van der Waals surface area contributed by atoms with Crippen LogP contribution in [0.2, 0.25) is 25.7 Å².